The number of hydrogen-bond donors (Lipinski definition) is 1. The van der Waals surface area contributed by atoms with Crippen LogP contribution in [0.25, 0.3) is 0 Å². The van der Waals surface area contributed by atoms with Crippen LogP contribution in [0.4, 0.5) is 0 Å². The fourth-order valence-electron chi connectivity index (χ4n) is 1.37. The topological polar surface area (TPSA) is 66.5 Å². The molecule has 19 heavy (non-hydrogen) atoms. The van der Waals surface area contributed by atoms with Crippen LogP contribution in [0.3, 0.4) is 0 Å². The number of aldehydes is 1. The molecule has 0 radical (unpaired) electrons. The first-order chi connectivity index (χ1) is 9.01. The molecule has 0 rings (SSSR count). The lowest BCUT2D eigenvalue weighted by Gasteiger charge is -2.20. The fourth-order valence-corrected chi connectivity index (χ4v) is 2.39. The predicted octanol–water partition coefficient (Wildman–Crippen LogP) is 1.44. The van der Waals surface area contributed by atoms with E-state index < -0.39 is 0 Å². The molecular weight excluding hydrogens is 379 g/mol. The van der Waals surface area contributed by atoms with Crippen LogP contribution in [-0.4, -0.2) is 51.6 Å². The number of likely N-dealkylation sites (N-methyl/N-ethyl adjacent to an activating group) is 1. The van der Waals surface area contributed by atoms with Crippen LogP contribution in [0.1, 0.15) is 26.7 Å². The van der Waals surface area contributed by atoms with Gasteiger partial charge in [-0.3, -0.25) is 9.59 Å². The minimum absolute atomic E-state index is 0.00934. The SMILES string of the molecule is CCN(CCNC(=O)CSC(C)I)C(=O)CCC=O. The summed E-state index contributed by atoms with van der Waals surface area (Å²) in [6.07, 6.45) is 1.25. The van der Waals surface area contributed by atoms with Crippen molar-refractivity contribution in [2.24, 2.45) is 0 Å². The van der Waals surface area contributed by atoms with Crippen molar-refractivity contribution in [3.8, 4) is 0 Å². The largest absolute Gasteiger partial charge is 0.354 e. The Morgan fingerprint density at radius 3 is 2.68 bits per heavy atom. The van der Waals surface area contributed by atoms with E-state index in [1.165, 1.54) is 0 Å². The van der Waals surface area contributed by atoms with Crippen LogP contribution in [0.2, 0.25) is 0 Å². The van der Waals surface area contributed by atoms with E-state index in [-0.39, 0.29) is 24.7 Å². The molecule has 0 aromatic carbocycles. The van der Waals surface area contributed by atoms with Crippen molar-refractivity contribution in [3.05, 3.63) is 0 Å². The number of nitrogens with one attached hydrogen (secondary N) is 1. The van der Waals surface area contributed by atoms with Gasteiger partial charge in [-0.1, -0.05) is 22.6 Å². The molecule has 0 aromatic heterocycles. The van der Waals surface area contributed by atoms with Crippen LogP contribution >= 0.6 is 34.4 Å². The third-order valence-corrected chi connectivity index (χ3v) is 4.33. The average Bonchev–Trinajstić information content (AvgIpc) is 2.38. The summed E-state index contributed by atoms with van der Waals surface area (Å²) in [6.45, 7) is 5.45. The maximum Gasteiger partial charge on any atom is 0.230 e. The highest BCUT2D eigenvalue weighted by atomic mass is 127. The van der Waals surface area contributed by atoms with E-state index in [1.807, 2.05) is 13.8 Å². The second kappa shape index (κ2) is 11.5. The molecule has 1 unspecified atom stereocenters. The van der Waals surface area contributed by atoms with Crippen molar-refractivity contribution in [1.82, 2.24) is 10.2 Å². The Labute approximate surface area is 132 Å². The summed E-state index contributed by atoms with van der Waals surface area (Å²) in [6, 6.07) is 0. The van der Waals surface area contributed by atoms with Gasteiger partial charge in [-0.15, -0.1) is 11.8 Å². The lowest BCUT2D eigenvalue weighted by Crippen LogP contribution is -2.39. The van der Waals surface area contributed by atoms with Gasteiger partial charge in [0.15, 0.2) is 0 Å². The van der Waals surface area contributed by atoms with Crippen LogP contribution in [0.15, 0.2) is 0 Å². The van der Waals surface area contributed by atoms with E-state index in [9.17, 15) is 14.4 Å². The van der Waals surface area contributed by atoms with Crippen molar-refractivity contribution in [2.45, 2.75) is 29.9 Å². The molecule has 0 saturated heterocycles. The van der Waals surface area contributed by atoms with Gasteiger partial charge in [-0.2, -0.15) is 0 Å². The quantitative estimate of drug-likeness (QED) is 0.343. The van der Waals surface area contributed by atoms with E-state index in [0.29, 0.717) is 28.6 Å². The lowest BCUT2D eigenvalue weighted by atomic mass is 10.3. The summed E-state index contributed by atoms with van der Waals surface area (Å²) in [4.78, 5) is 35.0. The van der Waals surface area contributed by atoms with E-state index in [2.05, 4.69) is 27.9 Å². The Morgan fingerprint density at radius 2 is 2.16 bits per heavy atom. The van der Waals surface area contributed by atoms with Crippen LogP contribution in [0.5, 0.6) is 0 Å². The third-order valence-electron chi connectivity index (χ3n) is 2.36. The standard InChI is InChI=1S/C12H21IN2O3S/c1-3-15(12(18)5-4-8-16)7-6-14-11(17)9-19-10(2)13/h8,10H,3-7,9H2,1-2H3,(H,14,17). The smallest absolute Gasteiger partial charge is 0.230 e. The number of thioether (sulfide) groups is 1. The molecule has 0 spiro atoms. The van der Waals surface area contributed by atoms with E-state index in [0.717, 1.165) is 6.29 Å². The summed E-state index contributed by atoms with van der Waals surface area (Å²) in [7, 11) is 0. The van der Waals surface area contributed by atoms with Crippen molar-refractivity contribution >= 4 is 52.5 Å². The van der Waals surface area contributed by atoms with Gasteiger partial charge in [-0.05, 0) is 13.8 Å². The first-order valence-corrected chi connectivity index (χ1v) is 8.54. The summed E-state index contributed by atoms with van der Waals surface area (Å²) in [5.41, 5.74) is 0. The van der Waals surface area contributed by atoms with Crippen LogP contribution in [-0.2, 0) is 14.4 Å². The summed E-state index contributed by atoms with van der Waals surface area (Å²) >= 11 is 3.83. The molecule has 5 nitrogen and oxygen atoms in total. The molecule has 0 saturated carbocycles. The molecule has 0 aliphatic rings. The van der Waals surface area contributed by atoms with Crippen molar-refractivity contribution in [3.63, 3.8) is 0 Å². The Morgan fingerprint density at radius 1 is 1.47 bits per heavy atom. The van der Waals surface area contributed by atoms with E-state index in [1.54, 1.807) is 16.7 Å². The molecule has 0 heterocycles. The molecule has 0 fully saturated rings. The highest BCUT2D eigenvalue weighted by Gasteiger charge is 2.11. The fraction of sp³-hybridized carbons (Fsp3) is 0.750. The van der Waals surface area contributed by atoms with Crippen molar-refractivity contribution in [1.29, 1.82) is 0 Å². The number of carbonyl (C=O) groups excluding carboxylic acids is 3. The Balaban J connectivity index is 3.85. The molecule has 110 valence electrons. The normalized spacial score (nSPS) is 11.7. The van der Waals surface area contributed by atoms with Gasteiger partial charge < -0.3 is 15.0 Å². The van der Waals surface area contributed by atoms with E-state index >= 15 is 0 Å². The van der Waals surface area contributed by atoms with Crippen LogP contribution in [0, 0.1) is 0 Å². The first-order valence-electron chi connectivity index (χ1n) is 6.25. The number of carbonyl (C=O) groups is 3. The summed E-state index contributed by atoms with van der Waals surface area (Å²) in [5, 5.41) is 2.79. The summed E-state index contributed by atoms with van der Waals surface area (Å²) < 4.78 is 0.403. The molecular formula is C12H21IN2O3S. The molecule has 0 aromatic rings. The predicted molar refractivity (Wildman–Crippen MR) is 86.5 cm³/mol. The van der Waals surface area contributed by atoms with Gasteiger partial charge in [0.25, 0.3) is 0 Å². The number of alkyl halides is 1. The lowest BCUT2D eigenvalue weighted by molar-refractivity contribution is -0.132. The summed E-state index contributed by atoms with van der Waals surface area (Å²) in [5.74, 6) is 0.388. The first kappa shape index (κ1) is 18.7. The molecule has 7 heteroatoms. The molecule has 1 N–H and O–H groups in total. The molecule has 0 aliphatic carbocycles. The Hall–Kier alpha value is -0.310. The number of amides is 2. The molecule has 0 aliphatic heterocycles. The molecule has 0 bridgehead atoms. The van der Waals surface area contributed by atoms with Crippen molar-refractivity contribution in [2.75, 3.05) is 25.4 Å². The Bertz CT molecular complexity index is 301. The average molecular weight is 400 g/mol. The van der Waals surface area contributed by atoms with E-state index in [4.69, 9.17) is 0 Å². The Kier molecular flexibility index (Phi) is 11.3. The highest BCUT2D eigenvalue weighted by Crippen LogP contribution is 2.15. The minimum atomic E-state index is -0.0425. The van der Waals surface area contributed by atoms with Gasteiger partial charge in [-0.25, -0.2) is 0 Å². The number of halogens is 1. The van der Waals surface area contributed by atoms with Gasteiger partial charge >= 0.3 is 0 Å². The monoisotopic (exact) mass is 400 g/mol. The second-order valence-corrected chi connectivity index (χ2v) is 7.93. The molecule has 2 amide bonds. The van der Waals surface area contributed by atoms with Gasteiger partial charge in [0, 0.05) is 32.5 Å². The highest BCUT2D eigenvalue weighted by molar-refractivity contribution is 14.1. The second-order valence-electron chi connectivity index (χ2n) is 3.88. The van der Waals surface area contributed by atoms with Crippen molar-refractivity contribution < 1.29 is 14.4 Å². The number of hydrogen-bond acceptors (Lipinski definition) is 4. The third kappa shape index (κ3) is 10.2. The maximum absolute atomic E-state index is 11.7. The maximum atomic E-state index is 11.7. The van der Waals surface area contributed by atoms with Gasteiger partial charge in [0.1, 0.15) is 6.29 Å². The van der Waals surface area contributed by atoms with Gasteiger partial charge in [0.2, 0.25) is 11.8 Å². The number of rotatable bonds is 10. The zero-order chi connectivity index (χ0) is 14.7. The van der Waals surface area contributed by atoms with Crippen LogP contribution < -0.4 is 5.32 Å². The zero-order valence-corrected chi connectivity index (χ0v) is 14.3. The molecule has 1 atom stereocenters. The zero-order valence-electron chi connectivity index (χ0n) is 11.4. The van der Waals surface area contributed by atoms with Gasteiger partial charge in [0.05, 0.1) is 9.01 Å². The number of nitrogens with zero attached hydrogens (tertiary/aromatic N) is 1. The minimum Gasteiger partial charge on any atom is -0.354 e.